The Hall–Kier alpha value is -8.60. The average molecular weight is 1220 g/mol. The van der Waals surface area contributed by atoms with Crippen LogP contribution in [0.2, 0.25) is 0 Å². The zero-order valence-electron chi connectivity index (χ0n) is 55.8. The van der Waals surface area contributed by atoms with Crippen molar-refractivity contribution in [1.29, 1.82) is 0 Å². The molecule has 12 aromatic rings. The third-order valence-electron chi connectivity index (χ3n) is 21.6. The molecule has 4 nitrogen and oxygen atoms in total. The van der Waals surface area contributed by atoms with Crippen LogP contribution in [-0.4, -0.2) is 26.7 Å². The van der Waals surface area contributed by atoms with Gasteiger partial charge in [-0.05, 0) is 247 Å². The van der Waals surface area contributed by atoms with Crippen LogP contribution in [0.15, 0.2) is 170 Å². The number of nitrogens with one attached hydrogen (secondary N) is 4. The number of benzene rings is 12. The zero-order valence-corrected chi connectivity index (χ0v) is 55.8. The summed E-state index contributed by atoms with van der Waals surface area (Å²) in [5.74, 6) is 0. The van der Waals surface area contributed by atoms with Crippen molar-refractivity contribution in [1.82, 2.24) is 0 Å². The molecule has 0 saturated heterocycles. The van der Waals surface area contributed by atoms with Gasteiger partial charge in [-0.15, -0.1) is 0 Å². The molecule has 470 valence electrons. The molecular formula is C89H94N4. The van der Waals surface area contributed by atoms with Crippen molar-refractivity contribution in [2.45, 2.75) is 162 Å². The molecule has 0 amide bonds. The van der Waals surface area contributed by atoms with Gasteiger partial charge >= 0.3 is 0 Å². The maximum absolute atomic E-state index is 3.80. The first-order valence-electron chi connectivity index (χ1n) is 36.4. The first-order valence-corrected chi connectivity index (χ1v) is 36.4. The maximum Gasteiger partial charge on any atom is 0.0340 e. The summed E-state index contributed by atoms with van der Waals surface area (Å²) in [5.41, 5.74) is 29.5. The van der Waals surface area contributed by atoms with E-state index in [1.165, 1.54) is 288 Å². The van der Waals surface area contributed by atoms with Crippen LogP contribution in [0, 0.1) is 0 Å². The highest BCUT2D eigenvalue weighted by Gasteiger charge is 2.37. The fraction of sp³-hybridized carbons (Fsp3) is 0.326. The third kappa shape index (κ3) is 11.2. The minimum absolute atomic E-state index is 1.00. The molecule has 0 aliphatic heterocycles. The molecule has 0 bridgehead atoms. The highest BCUT2D eigenvalue weighted by molar-refractivity contribution is 6.42. The first-order chi connectivity index (χ1) is 46.1. The van der Waals surface area contributed by atoms with E-state index in [4.69, 9.17) is 0 Å². The fourth-order valence-electron chi connectivity index (χ4n) is 17.0. The van der Waals surface area contributed by atoms with Crippen LogP contribution in [0.5, 0.6) is 0 Å². The molecule has 15 rings (SSSR count). The second-order valence-electron chi connectivity index (χ2n) is 27.5. The van der Waals surface area contributed by atoms with E-state index >= 15 is 0 Å². The van der Waals surface area contributed by atoms with Crippen LogP contribution in [0.25, 0.3) is 143 Å². The highest BCUT2D eigenvalue weighted by atomic mass is 14.9. The molecule has 12 aromatic carbocycles. The van der Waals surface area contributed by atoms with Crippen molar-refractivity contribution < 1.29 is 0 Å². The van der Waals surface area contributed by atoms with Gasteiger partial charge in [-0.2, -0.15) is 0 Å². The van der Waals surface area contributed by atoms with Gasteiger partial charge in [-0.3, -0.25) is 0 Å². The lowest BCUT2D eigenvalue weighted by Crippen LogP contribution is -2.09. The summed E-state index contributed by atoms with van der Waals surface area (Å²) in [5, 5.41) is 28.3. The standard InChI is InChI=1S/C89H94N4/c1-5-8-11-14-17-24-55-91-63-41-33-59(34-42-63)79-67-28-21-20-27-66(67)78(58-31-39-62(90-4)40-32-58)86-74-51-47-70-72-49-53-76-85-77(54-50-73(83(72)85)71-48-52-75(87(79)86)84(74)82(70)71)89-81(61-37-45-65(46-38-61)93-57-26-19-16-13-10-7-3)69-30-23-22-29-68(69)80(88(76)89)60-35-43-64(44-36-60)92-56-25-18-15-12-9-6-2/h22-23,29-54,90-93H,5-21,24-28,55-57H2,1-4H3. The van der Waals surface area contributed by atoms with Gasteiger partial charge in [-0.1, -0.05) is 238 Å². The van der Waals surface area contributed by atoms with Crippen molar-refractivity contribution in [2.75, 3.05) is 47.9 Å². The summed E-state index contributed by atoms with van der Waals surface area (Å²) in [6.45, 7) is 9.92. The summed E-state index contributed by atoms with van der Waals surface area (Å²) in [4.78, 5) is 0. The number of hydrogen-bond acceptors (Lipinski definition) is 4. The monoisotopic (exact) mass is 1220 g/mol. The Kier molecular flexibility index (Phi) is 17.7. The molecule has 4 N–H and O–H groups in total. The van der Waals surface area contributed by atoms with Crippen LogP contribution < -0.4 is 21.3 Å². The molecule has 3 aliphatic carbocycles. The van der Waals surface area contributed by atoms with E-state index in [1.54, 1.807) is 11.1 Å². The van der Waals surface area contributed by atoms with Crippen LogP contribution in [0.1, 0.15) is 160 Å². The third-order valence-corrected chi connectivity index (χ3v) is 21.6. The number of unbranched alkanes of at least 4 members (excludes halogenated alkanes) is 15. The molecule has 93 heavy (non-hydrogen) atoms. The van der Waals surface area contributed by atoms with E-state index in [0.717, 1.165) is 38.2 Å². The lowest BCUT2D eigenvalue weighted by atomic mass is 9.75. The summed E-state index contributed by atoms with van der Waals surface area (Å²) in [6, 6.07) is 67.1. The molecule has 0 unspecified atom stereocenters. The number of rotatable bonds is 29. The van der Waals surface area contributed by atoms with Crippen LogP contribution in [0.3, 0.4) is 0 Å². The van der Waals surface area contributed by atoms with Crippen molar-refractivity contribution in [3.05, 3.63) is 181 Å². The predicted molar refractivity (Wildman–Crippen MR) is 408 cm³/mol. The largest absolute Gasteiger partial charge is 0.388 e. The predicted octanol–water partition coefficient (Wildman–Crippen LogP) is 26.1. The molecule has 0 aromatic heterocycles. The van der Waals surface area contributed by atoms with E-state index < -0.39 is 0 Å². The van der Waals surface area contributed by atoms with Gasteiger partial charge in [0.2, 0.25) is 0 Å². The number of fused-ring (bicyclic) bond motifs is 10. The summed E-state index contributed by atoms with van der Waals surface area (Å²) >= 11 is 0. The Balaban J connectivity index is 0.886. The van der Waals surface area contributed by atoms with E-state index in [0.29, 0.717) is 0 Å². The van der Waals surface area contributed by atoms with Gasteiger partial charge in [0.05, 0.1) is 0 Å². The average Bonchev–Trinajstić information content (AvgIpc) is 1.54. The minimum atomic E-state index is 1.00. The van der Waals surface area contributed by atoms with E-state index in [1.807, 2.05) is 7.05 Å². The second kappa shape index (κ2) is 27.2. The van der Waals surface area contributed by atoms with Gasteiger partial charge in [-0.25, -0.2) is 0 Å². The summed E-state index contributed by atoms with van der Waals surface area (Å²) in [7, 11) is 2.03. The Bertz CT molecular complexity index is 4500. The lowest BCUT2D eigenvalue weighted by molar-refractivity contribution is 0.617. The topological polar surface area (TPSA) is 48.1 Å². The van der Waals surface area contributed by atoms with Gasteiger partial charge in [0, 0.05) is 49.4 Å². The van der Waals surface area contributed by atoms with Crippen molar-refractivity contribution in [3.63, 3.8) is 0 Å². The molecule has 0 spiro atoms. The van der Waals surface area contributed by atoms with E-state index in [9.17, 15) is 0 Å². The molecular weight excluding hydrogens is 1130 g/mol. The zero-order chi connectivity index (χ0) is 62.8. The minimum Gasteiger partial charge on any atom is -0.388 e. The van der Waals surface area contributed by atoms with Gasteiger partial charge in [0.25, 0.3) is 0 Å². The molecule has 3 aliphatic rings. The van der Waals surface area contributed by atoms with Crippen molar-refractivity contribution in [3.8, 4) is 89.0 Å². The lowest BCUT2D eigenvalue weighted by Gasteiger charge is -2.28. The van der Waals surface area contributed by atoms with E-state index in [-0.39, 0.29) is 0 Å². The molecule has 0 radical (unpaired) electrons. The molecule has 4 heteroatoms. The quantitative estimate of drug-likeness (QED) is 0.0214. The highest BCUT2D eigenvalue weighted by Crippen LogP contribution is 2.63. The van der Waals surface area contributed by atoms with Crippen LogP contribution >= 0.6 is 0 Å². The van der Waals surface area contributed by atoms with Crippen molar-refractivity contribution in [2.24, 2.45) is 0 Å². The molecule has 0 saturated carbocycles. The number of anilines is 4. The SMILES string of the molecule is CCCCCCCCNc1ccc(-c2c3c(c(-c4ccc(NC)cc4)c4c2-c2ccc5c6ccc7c8c(ccc(c9ccc-4c2c95)c86)-c2c-7c(-c4ccc(NCCCCCCCC)cc4)c4ccccc4c2-c2ccc(NCCCCCCCC)cc2)CCCC3)cc1. The smallest absolute Gasteiger partial charge is 0.0340 e. The Morgan fingerprint density at radius 3 is 0.871 bits per heavy atom. The second-order valence-corrected chi connectivity index (χ2v) is 27.5. The molecule has 0 atom stereocenters. The summed E-state index contributed by atoms with van der Waals surface area (Å²) in [6.07, 6.45) is 28.0. The summed E-state index contributed by atoms with van der Waals surface area (Å²) < 4.78 is 0. The number of hydrogen-bond donors (Lipinski definition) is 4. The van der Waals surface area contributed by atoms with Crippen LogP contribution in [0.4, 0.5) is 22.7 Å². The van der Waals surface area contributed by atoms with Gasteiger partial charge < -0.3 is 21.3 Å². The van der Waals surface area contributed by atoms with Crippen LogP contribution in [-0.2, 0) is 12.8 Å². The molecule has 0 heterocycles. The Morgan fingerprint density at radius 2 is 0.548 bits per heavy atom. The normalized spacial score (nSPS) is 12.8. The first kappa shape index (κ1) is 60.6. The van der Waals surface area contributed by atoms with Gasteiger partial charge in [0.1, 0.15) is 0 Å². The Labute approximate surface area is 553 Å². The molecule has 0 fully saturated rings. The van der Waals surface area contributed by atoms with E-state index in [2.05, 4.69) is 212 Å². The van der Waals surface area contributed by atoms with Gasteiger partial charge in [0.15, 0.2) is 0 Å². The van der Waals surface area contributed by atoms with Crippen molar-refractivity contribution >= 4 is 76.6 Å². The Morgan fingerprint density at radius 1 is 0.258 bits per heavy atom. The fourth-order valence-corrected chi connectivity index (χ4v) is 17.0. The maximum atomic E-state index is 3.80.